The smallest absolute Gasteiger partial charge is 0.181 e. The Hall–Kier alpha value is -3.23. The predicted octanol–water partition coefficient (Wildman–Crippen LogP) is 1.70. The van der Waals surface area contributed by atoms with E-state index in [9.17, 15) is 0 Å². The van der Waals surface area contributed by atoms with Crippen molar-refractivity contribution in [2.24, 2.45) is 7.05 Å². The molecule has 5 rings (SSSR count). The van der Waals surface area contributed by atoms with Gasteiger partial charge < -0.3 is 5.73 Å². The van der Waals surface area contributed by atoms with Crippen molar-refractivity contribution >= 4 is 11.5 Å². The number of fused-ring (bicyclic) bond motifs is 1. The van der Waals surface area contributed by atoms with Crippen molar-refractivity contribution in [3.63, 3.8) is 0 Å². The monoisotopic (exact) mass is 335 g/mol. The van der Waals surface area contributed by atoms with Crippen LogP contribution in [0.5, 0.6) is 0 Å². The van der Waals surface area contributed by atoms with Gasteiger partial charge in [-0.3, -0.25) is 9.36 Å². The molecule has 4 aromatic heterocycles. The van der Waals surface area contributed by atoms with E-state index in [2.05, 4.69) is 20.3 Å². The summed E-state index contributed by atoms with van der Waals surface area (Å²) in [6.07, 6.45) is 12.5. The Morgan fingerprint density at radius 3 is 2.76 bits per heavy atom. The third-order valence-corrected chi connectivity index (χ3v) is 4.73. The van der Waals surface area contributed by atoms with Crippen molar-refractivity contribution in [1.82, 2.24) is 39.1 Å². The Bertz CT molecular complexity index is 1070. The van der Waals surface area contributed by atoms with Gasteiger partial charge in [0.2, 0.25) is 0 Å². The molecule has 1 saturated carbocycles. The van der Waals surface area contributed by atoms with Crippen molar-refractivity contribution in [2.45, 2.75) is 25.3 Å². The fourth-order valence-corrected chi connectivity index (χ4v) is 3.13. The van der Waals surface area contributed by atoms with Gasteiger partial charge >= 0.3 is 0 Å². The topological polar surface area (TPSA) is 105 Å². The molecule has 0 amide bonds. The Labute approximate surface area is 143 Å². The highest BCUT2D eigenvalue weighted by molar-refractivity contribution is 5.81. The van der Waals surface area contributed by atoms with Crippen molar-refractivity contribution in [3.8, 4) is 22.5 Å². The fraction of sp³-hybridized carbons (Fsp3) is 0.312. The number of aromatic nitrogens is 8. The fourth-order valence-electron chi connectivity index (χ4n) is 3.13. The zero-order chi connectivity index (χ0) is 17.0. The van der Waals surface area contributed by atoms with Gasteiger partial charge in [0.1, 0.15) is 12.0 Å². The molecule has 25 heavy (non-hydrogen) atoms. The summed E-state index contributed by atoms with van der Waals surface area (Å²) in [5.74, 6) is 0.465. The molecule has 0 aromatic carbocycles. The Morgan fingerprint density at radius 1 is 1.16 bits per heavy atom. The van der Waals surface area contributed by atoms with E-state index in [1.807, 2.05) is 30.3 Å². The van der Waals surface area contributed by atoms with Gasteiger partial charge in [-0.05, 0) is 19.3 Å². The molecule has 0 aliphatic heterocycles. The SMILES string of the molecule is Cn1cc(-c2cn3ncnc3c(-c3cn(C4CCC4)nc3N)n2)cn1. The van der Waals surface area contributed by atoms with Crippen LogP contribution < -0.4 is 5.73 Å². The minimum Gasteiger partial charge on any atom is -0.382 e. The highest BCUT2D eigenvalue weighted by Crippen LogP contribution is 2.35. The van der Waals surface area contributed by atoms with Crippen LogP contribution in [0.3, 0.4) is 0 Å². The normalized spacial score (nSPS) is 14.9. The van der Waals surface area contributed by atoms with Crippen molar-refractivity contribution in [1.29, 1.82) is 0 Å². The number of hydrogen-bond acceptors (Lipinski definition) is 6. The molecule has 0 spiro atoms. The van der Waals surface area contributed by atoms with Crippen molar-refractivity contribution in [3.05, 3.63) is 31.1 Å². The maximum atomic E-state index is 6.20. The second-order valence-corrected chi connectivity index (χ2v) is 6.40. The molecule has 9 heteroatoms. The molecule has 0 atom stereocenters. The lowest BCUT2D eigenvalue weighted by Gasteiger charge is -2.25. The van der Waals surface area contributed by atoms with Crippen LogP contribution in [0, 0.1) is 0 Å². The standard InChI is InChI=1S/C16H17N9/c1-23-6-10(5-19-23)13-8-25-16(18-9-20-25)14(21-13)12-7-24(22-15(12)17)11-3-2-4-11/h5-9,11H,2-4H2,1H3,(H2,17,22). The molecule has 0 saturated heterocycles. The third-order valence-electron chi connectivity index (χ3n) is 4.73. The van der Waals surface area contributed by atoms with E-state index in [-0.39, 0.29) is 0 Å². The molecule has 0 bridgehead atoms. The minimum atomic E-state index is 0.437. The number of rotatable bonds is 3. The highest BCUT2D eigenvalue weighted by Gasteiger charge is 2.23. The number of anilines is 1. The first-order valence-electron chi connectivity index (χ1n) is 8.23. The molecule has 0 radical (unpaired) electrons. The first kappa shape index (κ1) is 14.1. The second-order valence-electron chi connectivity index (χ2n) is 6.40. The lowest BCUT2D eigenvalue weighted by atomic mass is 9.93. The summed E-state index contributed by atoms with van der Waals surface area (Å²) in [6.45, 7) is 0. The van der Waals surface area contributed by atoms with Crippen LogP contribution in [-0.2, 0) is 7.05 Å². The third kappa shape index (κ3) is 2.19. The molecule has 9 nitrogen and oxygen atoms in total. The van der Waals surface area contributed by atoms with Crippen LogP contribution >= 0.6 is 0 Å². The van der Waals surface area contributed by atoms with Gasteiger partial charge in [0, 0.05) is 25.0 Å². The minimum absolute atomic E-state index is 0.437. The molecular weight excluding hydrogens is 318 g/mol. The van der Waals surface area contributed by atoms with E-state index < -0.39 is 0 Å². The maximum Gasteiger partial charge on any atom is 0.181 e. The van der Waals surface area contributed by atoms with Crippen LogP contribution in [0.2, 0.25) is 0 Å². The lowest BCUT2D eigenvalue weighted by Crippen LogP contribution is -2.17. The molecule has 1 aliphatic rings. The zero-order valence-electron chi connectivity index (χ0n) is 13.7. The quantitative estimate of drug-likeness (QED) is 0.611. The summed E-state index contributed by atoms with van der Waals surface area (Å²) in [5.41, 5.74) is 10.00. The van der Waals surface area contributed by atoms with Gasteiger partial charge in [-0.15, -0.1) is 0 Å². The maximum absolute atomic E-state index is 6.20. The van der Waals surface area contributed by atoms with E-state index in [0.717, 1.165) is 29.7 Å². The van der Waals surface area contributed by atoms with Crippen LogP contribution in [0.25, 0.3) is 28.2 Å². The summed E-state index contributed by atoms with van der Waals surface area (Å²) in [5, 5.41) is 13.0. The summed E-state index contributed by atoms with van der Waals surface area (Å²) in [4.78, 5) is 9.13. The van der Waals surface area contributed by atoms with E-state index in [0.29, 0.717) is 23.2 Å². The lowest BCUT2D eigenvalue weighted by molar-refractivity contribution is 0.290. The molecule has 2 N–H and O–H groups in total. The van der Waals surface area contributed by atoms with Crippen LogP contribution in [0.4, 0.5) is 5.82 Å². The predicted molar refractivity (Wildman–Crippen MR) is 91.5 cm³/mol. The summed E-state index contributed by atoms with van der Waals surface area (Å²) in [6, 6.07) is 0.437. The van der Waals surface area contributed by atoms with Crippen molar-refractivity contribution in [2.75, 3.05) is 5.73 Å². The number of aryl methyl sites for hydroxylation is 1. The molecule has 4 aromatic rings. The largest absolute Gasteiger partial charge is 0.382 e. The Balaban J connectivity index is 1.69. The van der Waals surface area contributed by atoms with Crippen LogP contribution in [-0.4, -0.2) is 39.1 Å². The average molecular weight is 335 g/mol. The highest BCUT2D eigenvalue weighted by atomic mass is 15.3. The number of hydrogen-bond donors (Lipinski definition) is 1. The Kier molecular flexibility index (Phi) is 2.90. The molecule has 4 heterocycles. The van der Waals surface area contributed by atoms with Gasteiger partial charge in [0.05, 0.1) is 29.7 Å². The molecule has 126 valence electrons. The van der Waals surface area contributed by atoms with E-state index in [1.165, 1.54) is 12.7 Å². The van der Waals surface area contributed by atoms with Crippen LogP contribution in [0.15, 0.2) is 31.1 Å². The zero-order valence-corrected chi connectivity index (χ0v) is 13.7. The summed E-state index contributed by atoms with van der Waals surface area (Å²) in [7, 11) is 1.87. The average Bonchev–Trinajstić information content (AvgIpc) is 3.24. The van der Waals surface area contributed by atoms with Gasteiger partial charge in [0.15, 0.2) is 11.5 Å². The molecule has 1 fully saturated rings. The van der Waals surface area contributed by atoms with Gasteiger partial charge in [-0.1, -0.05) is 0 Å². The first-order chi connectivity index (χ1) is 12.2. The molecule has 0 unspecified atom stereocenters. The number of nitrogens with zero attached hydrogens (tertiary/aromatic N) is 8. The van der Waals surface area contributed by atoms with Crippen LogP contribution in [0.1, 0.15) is 25.3 Å². The van der Waals surface area contributed by atoms with Crippen molar-refractivity contribution < 1.29 is 0 Å². The number of nitrogens with two attached hydrogens (primary N) is 1. The number of nitrogen functional groups attached to an aromatic ring is 1. The Morgan fingerprint density at radius 2 is 2.04 bits per heavy atom. The second kappa shape index (κ2) is 5.13. The first-order valence-corrected chi connectivity index (χ1v) is 8.23. The van der Waals surface area contributed by atoms with Gasteiger partial charge in [-0.2, -0.15) is 15.3 Å². The van der Waals surface area contributed by atoms with E-state index in [4.69, 9.17) is 10.7 Å². The van der Waals surface area contributed by atoms with Gasteiger partial charge in [-0.25, -0.2) is 14.5 Å². The summed E-state index contributed by atoms with van der Waals surface area (Å²) >= 11 is 0. The van der Waals surface area contributed by atoms with E-state index in [1.54, 1.807) is 15.4 Å². The molecular formula is C16H17N9. The summed E-state index contributed by atoms with van der Waals surface area (Å²) < 4.78 is 5.41. The molecule has 1 aliphatic carbocycles. The van der Waals surface area contributed by atoms with E-state index >= 15 is 0 Å². The van der Waals surface area contributed by atoms with Gasteiger partial charge in [0.25, 0.3) is 0 Å².